The molecule has 3 atom stereocenters. The maximum Gasteiger partial charge on any atom is 0.259 e. The van der Waals surface area contributed by atoms with Crippen molar-refractivity contribution in [3.05, 3.63) is 29.3 Å². The van der Waals surface area contributed by atoms with E-state index in [2.05, 4.69) is 10.9 Å². The van der Waals surface area contributed by atoms with E-state index in [1.54, 1.807) is 7.05 Å². The Morgan fingerprint density at radius 3 is 2.65 bits per heavy atom. The van der Waals surface area contributed by atoms with Gasteiger partial charge in [-0.1, -0.05) is 6.42 Å². The molecule has 7 heteroatoms. The first-order valence-electron chi connectivity index (χ1n) is 7.80. The standard InChI is InChI=1S/C16H21F2N3O2/c1-21(8-14-10-4-3-5-13(10)19-20-14)16(22)15-11(17)6-9(23-2)7-12(15)18/h6-7,10,13-14,19-20H,3-5,8H2,1-2H3. The van der Waals surface area contributed by atoms with E-state index in [1.807, 2.05) is 0 Å². The van der Waals surface area contributed by atoms with Gasteiger partial charge in [0, 0.05) is 37.8 Å². The van der Waals surface area contributed by atoms with E-state index in [-0.39, 0.29) is 11.8 Å². The lowest BCUT2D eigenvalue weighted by Gasteiger charge is -2.24. The zero-order valence-corrected chi connectivity index (χ0v) is 13.2. The number of fused-ring (bicyclic) bond motifs is 1. The minimum atomic E-state index is -0.907. The number of hydrazine groups is 1. The van der Waals surface area contributed by atoms with Crippen LogP contribution < -0.4 is 15.6 Å². The number of methoxy groups -OCH3 is 1. The van der Waals surface area contributed by atoms with Crippen molar-refractivity contribution in [2.75, 3.05) is 20.7 Å². The van der Waals surface area contributed by atoms with E-state index in [0.717, 1.165) is 25.0 Å². The molecule has 1 saturated carbocycles. The van der Waals surface area contributed by atoms with Gasteiger partial charge in [0.15, 0.2) is 0 Å². The van der Waals surface area contributed by atoms with Gasteiger partial charge >= 0.3 is 0 Å². The Hall–Kier alpha value is -1.73. The van der Waals surface area contributed by atoms with E-state index < -0.39 is 23.1 Å². The van der Waals surface area contributed by atoms with Crippen LogP contribution in [0.15, 0.2) is 12.1 Å². The summed E-state index contributed by atoms with van der Waals surface area (Å²) in [5, 5.41) is 0. The van der Waals surface area contributed by atoms with E-state index >= 15 is 0 Å². The Kier molecular flexibility index (Phi) is 4.50. The van der Waals surface area contributed by atoms with Gasteiger partial charge < -0.3 is 9.64 Å². The van der Waals surface area contributed by atoms with Crippen LogP contribution in [0, 0.1) is 17.6 Å². The fourth-order valence-electron chi connectivity index (χ4n) is 3.59. The second kappa shape index (κ2) is 6.41. The first-order chi connectivity index (χ1) is 11.0. The van der Waals surface area contributed by atoms with Crippen LogP contribution in [-0.2, 0) is 0 Å². The highest BCUT2D eigenvalue weighted by atomic mass is 19.1. The van der Waals surface area contributed by atoms with Crippen molar-refractivity contribution >= 4 is 5.91 Å². The number of ether oxygens (including phenoxy) is 1. The highest BCUT2D eigenvalue weighted by Gasteiger charge is 2.39. The van der Waals surface area contributed by atoms with Gasteiger partial charge in [-0.2, -0.15) is 0 Å². The molecule has 0 bridgehead atoms. The quantitative estimate of drug-likeness (QED) is 0.885. The smallest absolute Gasteiger partial charge is 0.259 e. The van der Waals surface area contributed by atoms with Gasteiger partial charge in [0.2, 0.25) is 0 Å². The lowest BCUT2D eigenvalue weighted by atomic mass is 9.97. The summed E-state index contributed by atoms with van der Waals surface area (Å²) in [7, 11) is 2.88. The number of nitrogens with zero attached hydrogens (tertiary/aromatic N) is 1. The highest BCUT2D eigenvalue weighted by molar-refractivity contribution is 5.94. The molecule has 3 unspecified atom stereocenters. The molecule has 1 aromatic rings. The molecule has 23 heavy (non-hydrogen) atoms. The number of amides is 1. The van der Waals surface area contributed by atoms with Crippen molar-refractivity contribution in [2.45, 2.75) is 31.3 Å². The molecule has 5 nitrogen and oxygen atoms in total. The van der Waals surface area contributed by atoms with Gasteiger partial charge in [-0.05, 0) is 18.8 Å². The molecular formula is C16H21F2N3O2. The highest BCUT2D eigenvalue weighted by Crippen LogP contribution is 2.32. The van der Waals surface area contributed by atoms with Crippen LogP contribution >= 0.6 is 0 Å². The number of carbonyl (C=O) groups is 1. The predicted octanol–water partition coefficient (Wildman–Crippen LogP) is 1.69. The summed E-state index contributed by atoms with van der Waals surface area (Å²) in [4.78, 5) is 13.8. The minimum Gasteiger partial charge on any atom is -0.497 e. The Morgan fingerprint density at radius 2 is 2.00 bits per heavy atom. The first-order valence-corrected chi connectivity index (χ1v) is 7.80. The molecule has 2 N–H and O–H groups in total. The van der Waals surface area contributed by atoms with Crippen molar-refractivity contribution in [2.24, 2.45) is 5.92 Å². The fourth-order valence-corrected chi connectivity index (χ4v) is 3.59. The Balaban J connectivity index is 1.73. The maximum absolute atomic E-state index is 14.0. The largest absolute Gasteiger partial charge is 0.497 e. The van der Waals surface area contributed by atoms with Crippen LogP contribution in [0.25, 0.3) is 0 Å². The average molecular weight is 325 g/mol. The molecule has 126 valence electrons. The second-order valence-corrected chi connectivity index (χ2v) is 6.25. The minimum absolute atomic E-state index is 0.0506. The summed E-state index contributed by atoms with van der Waals surface area (Å²) < 4.78 is 32.9. The van der Waals surface area contributed by atoms with E-state index in [0.29, 0.717) is 18.5 Å². The van der Waals surface area contributed by atoms with Gasteiger partial charge in [-0.25, -0.2) is 8.78 Å². The van der Waals surface area contributed by atoms with E-state index in [1.165, 1.54) is 18.4 Å². The zero-order chi connectivity index (χ0) is 16.6. The predicted molar refractivity (Wildman–Crippen MR) is 81.1 cm³/mol. The number of halogens is 2. The molecule has 1 heterocycles. The van der Waals surface area contributed by atoms with Gasteiger partial charge in [0.25, 0.3) is 5.91 Å². The SMILES string of the molecule is COc1cc(F)c(C(=O)N(C)CC2NNC3CCCC32)c(F)c1. The average Bonchev–Trinajstić information content (AvgIpc) is 3.11. The molecule has 2 fully saturated rings. The topological polar surface area (TPSA) is 53.6 Å². The number of benzene rings is 1. The fraction of sp³-hybridized carbons (Fsp3) is 0.562. The molecule has 0 spiro atoms. The Bertz CT molecular complexity index is 588. The van der Waals surface area contributed by atoms with E-state index in [9.17, 15) is 13.6 Å². The normalized spacial score (nSPS) is 26.2. The lowest BCUT2D eigenvalue weighted by molar-refractivity contribution is 0.0766. The summed E-state index contributed by atoms with van der Waals surface area (Å²) in [6, 6.07) is 2.57. The zero-order valence-electron chi connectivity index (χ0n) is 13.2. The van der Waals surface area contributed by atoms with Gasteiger partial charge in [-0.3, -0.25) is 15.6 Å². The van der Waals surface area contributed by atoms with Crippen molar-refractivity contribution in [1.29, 1.82) is 0 Å². The van der Waals surface area contributed by atoms with Crippen LogP contribution in [0.1, 0.15) is 29.6 Å². The number of carbonyl (C=O) groups excluding carboxylic acids is 1. The monoisotopic (exact) mass is 325 g/mol. The Morgan fingerprint density at radius 1 is 1.30 bits per heavy atom. The molecule has 0 radical (unpaired) electrons. The molecule has 0 aromatic heterocycles. The summed E-state index contributed by atoms with van der Waals surface area (Å²) in [5.41, 5.74) is 5.89. The maximum atomic E-state index is 14.0. The number of hydrogen-bond donors (Lipinski definition) is 2. The van der Waals surface area contributed by atoms with Crippen LogP contribution in [0.4, 0.5) is 8.78 Å². The van der Waals surface area contributed by atoms with E-state index in [4.69, 9.17) is 4.74 Å². The summed E-state index contributed by atoms with van der Waals surface area (Å²) in [6.45, 7) is 0.401. The summed E-state index contributed by atoms with van der Waals surface area (Å²) in [6.07, 6.45) is 3.39. The van der Waals surface area contributed by atoms with Gasteiger partial charge in [-0.15, -0.1) is 0 Å². The van der Waals surface area contributed by atoms with Crippen molar-refractivity contribution in [3.63, 3.8) is 0 Å². The van der Waals surface area contributed by atoms with Gasteiger partial charge in [0.1, 0.15) is 22.9 Å². The van der Waals surface area contributed by atoms with Crippen LogP contribution in [-0.4, -0.2) is 43.6 Å². The van der Waals surface area contributed by atoms with Crippen LogP contribution in [0.5, 0.6) is 5.75 Å². The van der Waals surface area contributed by atoms with Crippen molar-refractivity contribution < 1.29 is 18.3 Å². The number of nitrogens with one attached hydrogen (secondary N) is 2. The third-order valence-electron chi connectivity index (χ3n) is 4.82. The molecule has 1 saturated heterocycles. The number of hydrogen-bond acceptors (Lipinski definition) is 4. The number of rotatable bonds is 4. The Labute approximate surface area is 134 Å². The lowest BCUT2D eigenvalue weighted by Crippen LogP contribution is -2.43. The second-order valence-electron chi connectivity index (χ2n) is 6.25. The summed E-state index contributed by atoms with van der Waals surface area (Å²) >= 11 is 0. The number of likely N-dealkylation sites (N-methyl/N-ethyl adjacent to an activating group) is 1. The molecule has 1 aromatic carbocycles. The molecule has 1 amide bonds. The van der Waals surface area contributed by atoms with Crippen LogP contribution in [0.3, 0.4) is 0 Å². The molecule has 3 rings (SSSR count). The first kappa shape index (κ1) is 16.1. The van der Waals surface area contributed by atoms with Gasteiger partial charge in [0.05, 0.1) is 7.11 Å². The molecule has 2 aliphatic rings. The van der Waals surface area contributed by atoms with Crippen LogP contribution in [0.2, 0.25) is 0 Å². The third-order valence-corrected chi connectivity index (χ3v) is 4.82. The van der Waals surface area contributed by atoms with Crippen molar-refractivity contribution in [3.8, 4) is 5.75 Å². The summed E-state index contributed by atoms with van der Waals surface area (Å²) in [5.74, 6) is -1.97. The molecular weight excluding hydrogens is 304 g/mol. The molecule has 1 aliphatic heterocycles. The third kappa shape index (κ3) is 3.03. The molecule has 1 aliphatic carbocycles. The van der Waals surface area contributed by atoms with Crippen molar-refractivity contribution in [1.82, 2.24) is 15.8 Å².